The van der Waals surface area contributed by atoms with Crippen molar-refractivity contribution in [2.24, 2.45) is 11.8 Å². The number of hydrogen-bond acceptors (Lipinski definition) is 5. The number of phenolic OH excluding ortho intramolecular Hbond substituents is 1. The maximum absolute atomic E-state index is 13.4. The summed E-state index contributed by atoms with van der Waals surface area (Å²) in [4.78, 5) is 16.1. The van der Waals surface area contributed by atoms with Crippen LogP contribution in [0.5, 0.6) is 17.2 Å². The zero-order valence-corrected chi connectivity index (χ0v) is 20.6. The van der Waals surface area contributed by atoms with Crippen molar-refractivity contribution in [3.8, 4) is 17.2 Å². The van der Waals surface area contributed by atoms with Crippen molar-refractivity contribution >= 4 is 5.78 Å². The lowest BCUT2D eigenvalue weighted by atomic mass is 9.47. The number of nitrogens with zero attached hydrogens (tertiary/aromatic N) is 1. The molecule has 0 unspecified atom stereocenters. The van der Waals surface area contributed by atoms with Crippen LogP contribution in [0.3, 0.4) is 0 Å². The number of carbonyl (C=O) groups is 1. The number of ether oxygens (including phenoxy) is 2. The number of piperidine rings is 1. The Morgan fingerprint density at radius 3 is 2.83 bits per heavy atom. The highest BCUT2D eigenvalue weighted by Crippen LogP contribution is 2.68. The first-order valence-corrected chi connectivity index (χ1v) is 13.5. The van der Waals surface area contributed by atoms with Gasteiger partial charge in [0.25, 0.3) is 0 Å². The van der Waals surface area contributed by atoms with E-state index in [0.717, 1.165) is 55.9 Å². The Bertz CT molecular complexity index is 1170. The van der Waals surface area contributed by atoms with Gasteiger partial charge < -0.3 is 14.6 Å². The molecule has 5 aliphatic rings. The lowest BCUT2D eigenvalue weighted by Crippen LogP contribution is -2.71. The maximum atomic E-state index is 13.4. The van der Waals surface area contributed by atoms with E-state index in [1.165, 1.54) is 30.5 Å². The zero-order chi connectivity index (χ0) is 23.8. The summed E-state index contributed by atoms with van der Waals surface area (Å²) in [5.74, 6) is 2.88. The molecule has 2 aromatic carbocycles. The van der Waals surface area contributed by atoms with E-state index in [9.17, 15) is 9.90 Å². The molecule has 1 saturated heterocycles. The number of likely N-dealkylation sites (tertiary alicyclic amines) is 1. The summed E-state index contributed by atoms with van der Waals surface area (Å²) in [7, 11) is 0. The molecule has 2 aromatic rings. The normalized spacial score (nSPS) is 32.8. The monoisotopic (exact) mass is 473 g/mol. The zero-order valence-electron chi connectivity index (χ0n) is 20.6. The molecule has 4 atom stereocenters. The Morgan fingerprint density at radius 1 is 1.20 bits per heavy atom. The van der Waals surface area contributed by atoms with E-state index in [-0.39, 0.29) is 16.9 Å². The van der Waals surface area contributed by atoms with E-state index in [0.29, 0.717) is 30.7 Å². The molecule has 0 aromatic heterocycles. The second-order valence-corrected chi connectivity index (χ2v) is 11.6. The lowest BCUT2D eigenvalue weighted by molar-refractivity contribution is -0.154. The van der Waals surface area contributed by atoms with Crippen molar-refractivity contribution in [3.05, 3.63) is 53.1 Å². The van der Waals surface area contributed by atoms with Crippen LogP contribution in [-0.2, 0) is 23.1 Å². The topological polar surface area (TPSA) is 59.0 Å². The number of aromatic hydroxyl groups is 1. The number of rotatable bonds is 7. The first-order valence-electron chi connectivity index (χ1n) is 13.5. The Hall–Kier alpha value is -2.53. The third-order valence-corrected chi connectivity index (χ3v) is 9.82. The first-order chi connectivity index (χ1) is 17.0. The molecule has 35 heavy (non-hydrogen) atoms. The van der Waals surface area contributed by atoms with Gasteiger partial charge in [-0.2, -0.15) is 0 Å². The maximum Gasteiger partial charge on any atom is 0.177 e. The van der Waals surface area contributed by atoms with Crippen molar-refractivity contribution in [2.75, 3.05) is 19.7 Å². The summed E-state index contributed by atoms with van der Waals surface area (Å²) in [5, 5.41) is 11.1. The van der Waals surface area contributed by atoms with Gasteiger partial charge in [0.2, 0.25) is 0 Å². The highest BCUT2D eigenvalue weighted by Gasteiger charge is 2.72. The molecule has 1 spiro atoms. The summed E-state index contributed by atoms with van der Waals surface area (Å²) in [6.07, 6.45) is 7.91. The predicted molar refractivity (Wildman–Crippen MR) is 133 cm³/mol. The standard InChI is InChI=1S/C30H35NO4/c1-29-26(33)12-11-22-23-16-21-25(34-15-5-8-19-6-3-2-4-7-19)17-24(32)28(35-29)27(21)30(22,29)13-14-31(23)18-20-9-10-20/h2-4,6-7,17,20,22-23,32H,5,8-16,18H2,1H3/t22-,23+,29-,30-/m0/s1. The van der Waals surface area contributed by atoms with Gasteiger partial charge in [-0.15, -0.1) is 0 Å². The molecule has 2 bridgehead atoms. The molecular weight excluding hydrogens is 438 g/mol. The van der Waals surface area contributed by atoms with Gasteiger partial charge in [0.15, 0.2) is 22.9 Å². The fraction of sp³-hybridized carbons (Fsp3) is 0.567. The van der Waals surface area contributed by atoms with Crippen LogP contribution in [0.25, 0.3) is 0 Å². The molecule has 7 rings (SSSR count). The average Bonchev–Trinajstić information content (AvgIpc) is 3.63. The molecule has 2 aliphatic heterocycles. The summed E-state index contributed by atoms with van der Waals surface area (Å²) in [5.41, 5.74) is 2.35. The molecule has 184 valence electrons. The second kappa shape index (κ2) is 7.73. The third kappa shape index (κ3) is 3.06. The van der Waals surface area contributed by atoms with Gasteiger partial charge in [0.1, 0.15) is 5.75 Å². The van der Waals surface area contributed by atoms with Crippen LogP contribution in [0.1, 0.15) is 62.1 Å². The minimum atomic E-state index is -0.888. The van der Waals surface area contributed by atoms with Crippen molar-refractivity contribution < 1.29 is 19.4 Å². The average molecular weight is 474 g/mol. The quantitative estimate of drug-likeness (QED) is 0.585. The third-order valence-electron chi connectivity index (χ3n) is 9.82. The van der Waals surface area contributed by atoms with Crippen molar-refractivity contribution in [3.63, 3.8) is 0 Å². The molecule has 5 heteroatoms. The molecule has 5 nitrogen and oxygen atoms in total. The predicted octanol–water partition coefficient (Wildman–Crippen LogP) is 4.81. The molecule has 2 heterocycles. The van der Waals surface area contributed by atoms with Gasteiger partial charge in [-0.05, 0) is 75.8 Å². The fourth-order valence-corrected chi connectivity index (χ4v) is 7.97. The van der Waals surface area contributed by atoms with Crippen LogP contribution in [0.2, 0.25) is 0 Å². The van der Waals surface area contributed by atoms with Gasteiger partial charge in [0, 0.05) is 36.2 Å². The molecule has 2 saturated carbocycles. The van der Waals surface area contributed by atoms with Gasteiger partial charge in [-0.1, -0.05) is 30.3 Å². The molecule has 3 fully saturated rings. The van der Waals surface area contributed by atoms with Gasteiger partial charge in [-0.3, -0.25) is 9.69 Å². The Morgan fingerprint density at radius 2 is 2.03 bits per heavy atom. The number of benzene rings is 2. The SMILES string of the molecule is C[C@@]12Oc3c(O)cc(OCCCc4ccccc4)c4c3[C@@]13CCN(CC1CC1)[C@H](C4)[C@@H]3CCC2=O. The summed E-state index contributed by atoms with van der Waals surface area (Å²) in [6.45, 7) is 4.79. The van der Waals surface area contributed by atoms with E-state index in [2.05, 4.69) is 29.2 Å². The fourth-order valence-electron chi connectivity index (χ4n) is 7.97. The smallest absolute Gasteiger partial charge is 0.177 e. The Kier molecular flexibility index (Phi) is 4.80. The Labute approximate surface area is 207 Å². The molecule has 3 aliphatic carbocycles. The highest BCUT2D eigenvalue weighted by atomic mass is 16.5. The minimum absolute atomic E-state index is 0.122. The Balaban J connectivity index is 1.25. The van der Waals surface area contributed by atoms with Crippen LogP contribution in [0, 0.1) is 11.8 Å². The molecule has 0 amide bonds. The minimum Gasteiger partial charge on any atom is -0.504 e. The first kappa shape index (κ1) is 21.7. The van der Waals surface area contributed by atoms with E-state index < -0.39 is 5.60 Å². The number of phenols is 1. The number of Topliss-reactive ketones (excluding diaryl/α,β-unsaturated/α-hetero) is 1. The van der Waals surface area contributed by atoms with Gasteiger partial charge in [0.05, 0.1) is 12.0 Å². The van der Waals surface area contributed by atoms with Crippen LogP contribution < -0.4 is 9.47 Å². The molecule has 1 N–H and O–H groups in total. The lowest BCUT2D eigenvalue weighted by Gasteiger charge is -2.60. The van der Waals surface area contributed by atoms with Crippen molar-refractivity contribution in [1.82, 2.24) is 4.90 Å². The van der Waals surface area contributed by atoms with Crippen LogP contribution in [0.15, 0.2) is 36.4 Å². The number of carbonyl (C=O) groups excluding carboxylic acids is 1. The summed E-state index contributed by atoms with van der Waals surface area (Å²) >= 11 is 0. The van der Waals surface area contributed by atoms with Crippen LogP contribution in [-0.4, -0.2) is 47.1 Å². The number of hydrogen-bond donors (Lipinski definition) is 1. The highest BCUT2D eigenvalue weighted by molar-refractivity contribution is 5.93. The van der Waals surface area contributed by atoms with Crippen LogP contribution >= 0.6 is 0 Å². The van der Waals surface area contributed by atoms with E-state index in [4.69, 9.17) is 9.47 Å². The number of ketones is 1. The molecule has 0 radical (unpaired) electrons. The second-order valence-electron chi connectivity index (χ2n) is 11.6. The van der Waals surface area contributed by atoms with Crippen molar-refractivity contribution in [2.45, 2.75) is 75.3 Å². The van der Waals surface area contributed by atoms with E-state index in [1.807, 2.05) is 13.0 Å². The van der Waals surface area contributed by atoms with Crippen LogP contribution in [0.4, 0.5) is 0 Å². The number of aryl methyl sites for hydroxylation is 1. The summed E-state index contributed by atoms with van der Waals surface area (Å²) < 4.78 is 12.9. The van der Waals surface area contributed by atoms with Gasteiger partial charge >= 0.3 is 0 Å². The largest absolute Gasteiger partial charge is 0.504 e. The molecular formula is C30H35NO4. The van der Waals surface area contributed by atoms with Gasteiger partial charge in [-0.25, -0.2) is 0 Å². The van der Waals surface area contributed by atoms with E-state index >= 15 is 0 Å². The summed E-state index contributed by atoms with van der Waals surface area (Å²) in [6, 6.07) is 12.7. The van der Waals surface area contributed by atoms with E-state index in [1.54, 1.807) is 6.07 Å². The van der Waals surface area contributed by atoms with Crippen molar-refractivity contribution in [1.29, 1.82) is 0 Å².